The third-order valence-electron chi connectivity index (χ3n) is 7.47. The normalized spacial score (nSPS) is 31.3. The first-order chi connectivity index (χ1) is 16.0. The molecule has 6 rings (SSSR count). The third-order valence-corrected chi connectivity index (χ3v) is 7.47. The summed E-state index contributed by atoms with van der Waals surface area (Å²) in [7, 11) is 0. The summed E-state index contributed by atoms with van der Waals surface area (Å²) in [5.74, 6) is -2.43. The van der Waals surface area contributed by atoms with E-state index in [0.717, 1.165) is 33.9 Å². The molecule has 0 radical (unpaired) electrons. The van der Waals surface area contributed by atoms with Gasteiger partial charge in [0.05, 0.1) is 17.5 Å². The molecular formula is C25H22N2O6. The Morgan fingerprint density at radius 2 is 1.70 bits per heavy atom. The first-order valence-corrected chi connectivity index (χ1v) is 11.1. The molecule has 8 nitrogen and oxygen atoms in total. The molecule has 3 fully saturated rings. The van der Waals surface area contributed by atoms with Crippen LogP contribution in [-0.4, -0.2) is 46.2 Å². The largest absolute Gasteiger partial charge is 0.489 e. The lowest BCUT2D eigenvalue weighted by molar-refractivity contribution is -0.150. The Bertz CT molecular complexity index is 1160. The van der Waals surface area contributed by atoms with Crippen LogP contribution in [0.5, 0.6) is 5.75 Å². The van der Waals surface area contributed by atoms with Crippen LogP contribution in [0.3, 0.4) is 0 Å². The highest BCUT2D eigenvalue weighted by atomic mass is 16.6. The zero-order chi connectivity index (χ0) is 22.7. The van der Waals surface area contributed by atoms with Gasteiger partial charge in [-0.15, -0.1) is 0 Å². The van der Waals surface area contributed by atoms with Crippen LogP contribution in [0.1, 0.15) is 17.5 Å². The van der Waals surface area contributed by atoms with Crippen LogP contribution < -0.4 is 4.74 Å². The predicted octanol–water partition coefficient (Wildman–Crippen LogP) is 2.32. The van der Waals surface area contributed by atoms with Crippen molar-refractivity contribution in [1.29, 1.82) is 0 Å². The second-order valence-corrected chi connectivity index (χ2v) is 9.14. The maximum atomic E-state index is 12.9. The van der Waals surface area contributed by atoms with E-state index in [9.17, 15) is 14.4 Å². The average Bonchev–Trinajstić information content (AvgIpc) is 3.56. The fourth-order valence-electron chi connectivity index (χ4n) is 6.18. The van der Waals surface area contributed by atoms with Crippen molar-refractivity contribution in [3.05, 3.63) is 65.7 Å². The van der Waals surface area contributed by atoms with E-state index in [1.807, 2.05) is 54.6 Å². The number of hydrogen-bond donors (Lipinski definition) is 1. The number of amides is 2. The van der Waals surface area contributed by atoms with E-state index < -0.39 is 24.3 Å². The summed E-state index contributed by atoms with van der Waals surface area (Å²) in [5, 5.41) is 13.4. The molecule has 0 aromatic heterocycles. The Kier molecular flexibility index (Phi) is 4.50. The van der Waals surface area contributed by atoms with Gasteiger partial charge in [0.25, 0.3) is 0 Å². The first kappa shape index (κ1) is 20.0. The number of rotatable bonds is 6. The molecule has 4 aliphatic rings. The minimum Gasteiger partial charge on any atom is -0.489 e. The summed E-state index contributed by atoms with van der Waals surface area (Å²) in [4.78, 5) is 43.6. The number of carbonyl (C=O) groups excluding carboxylic acids is 2. The molecular weight excluding hydrogens is 424 g/mol. The van der Waals surface area contributed by atoms with E-state index in [1.165, 1.54) is 0 Å². The van der Waals surface area contributed by atoms with Crippen molar-refractivity contribution in [2.45, 2.75) is 19.1 Å². The fourth-order valence-corrected chi connectivity index (χ4v) is 6.18. The lowest BCUT2D eigenvalue weighted by atomic mass is 9.71. The summed E-state index contributed by atoms with van der Waals surface area (Å²) in [6, 6.07) is 17.6. The molecule has 2 aromatic rings. The predicted molar refractivity (Wildman–Crippen MR) is 115 cm³/mol. The molecule has 33 heavy (non-hydrogen) atoms. The van der Waals surface area contributed by atoms with Crippen molar-refractivity contribution < 1.29 is 29.1 Å². The van der Waals surface area contributed by atoms with Crippen LogP contribution in [0.2, 0.25) is 0 Å². The van der Waals surface area contributed by atoms with Crippen molar-refractivity contribution >= 4 is 23.5 Å². The Hall–Kier alpha value is -3.68. The number of fused-ring (bicyclic) bond motifs is 8. The molecule has 2 amide bonds. The van der Waals surface area contributed by atoms with Gasteiger partial charge in [0.2, 0.25) is 11.8 Å². The number of oxime groups is 1. The van der Waals surface area contributed by atoms with Crippen molar-refractivity contribution in [2.24, 2.45) is 34.7 Å². The van der Waals surface area contributed by atoms with Crippen molar-refractivity contribution in [1.82, 2.24) is 4.90 Å². The van der Waals surface area contributed by atoms with Crippen LogP contribution >= 0.6 is 0 Å². The maximum Gasteiger partial charge on any atom is 0.323 e. The molecule has 6 atom stereocenters. The smallest absolute Gasteiger partial charge is 0.323 e. The Morgan fingerprint density at radius 3 is 2.39 bits per heavy atom. The van der Waals surface area contributed by atoms with Crippen molar-refractivity contribution in [3.8, 4) is 5.75 Å². The van der Waals surface area contributed by atoms with E-state index in [-0.39, 0.29) is 35.7 Å². The number of hydrogen-bond acceptors (Lipinski definition) is 6. The third kappa shape index (κ3) is 3.04. The topological polar surface area (TPSA) is 106 Å². The van der Waals surface area contributed by atoms with Crippen LogP contribution in [0.25, 0.3) is 0 Å². The zero-order valence-electron chi connectivity index (χ0n) is 17.7. The number of aliphatic carboxylic acids is 1. The zero-order valence-corrected chi connectivity index (χ0v) is 17.7. The van der Waals surface area contributed by atoms with E-state index >= 15 is 0 Å². The number of likely N-dealkylation sites (tertiary alicyclic amines) is 1. The number of nitrogens with zero attached hydrogens (tertiary/aromatic N) is 2. The minimum absolute atomic E-state index is 0.0736. The average molecular weight is 446 g/mol. The molecule has 2 aliphatic heterocycles. The lowest BCUT2D eigenvalue weighted by Crippen LogP contribution is -2.41. The molecule has 2 heterocycles. The number of imide groups is 1. The van der Waals surface area contributed by atoms with Gasteiger partial charge in [-0.05, 0) is 42.2 Å². The van der Waals surface area contributed by atoms with E-state index in [0.29, 0.717) is 6.61 Å². The second kappa shape index (κ2) is 7.43. The number of benzene rings is 2. The van der Waals surface area contributed by atoms with Crippen LogP contribution in [0.4, 0.5) is 0 Å². The molecule has 6 unspecified atom stereocenters. The van der Waals surface area contributed by atoms with Crippen molar-refractivity contribution in [2.75, 3.05) is 6.54 Å². The molecule has 168 valence electrons. The Labute approximate surface area is 189 Å². The fraction of sp³-hybridized carbons (Fsp3) is 0.360. The Morgan fingerprint density at radius 1 is 1.00 bits per heavy atom. The summed E-state index contributed by atoms with van der Waals surface area (Å²) in [6.07, 6.45) is 0.474. The summed E-state index contributed by atoms with van der Waals surface area (Å²) in [5.41, 5.74) is 2.78. The molecule has 1 saturated heterocycles. The number of carboxylic acids is 1. The molecule has 2 saturated carbocycles. The van der Waals surface area contributed by atoms with E-state index in [2.05, 4.69) is 5.16 Å². The lowest BCUT2D eigenvalue weighted by Gasteiger charge is -2.29. The number of carbonyl (C=O) groups is 3. The van der Waals surface area contributed by atoms with Crippen LogP contribution in [-0.2, 0) is 25.8 Å². The van der Waals surface area contributed by atoms with Crippen molar-refractivity contribution in [3.63, 3.8) is 0 Å². The highest BCUT2D eigenvalue weighted by molar-refractivity contribution is 6.10. The number of ether oxygens (including phenoxy) is 1. The van der Waals surface area contributed by atoms with Gasteiger partial charge >= 0.3 is 5.97 Å². The number of carboxylic acid groups (broad SMARTS) is 1. The molecule has 2 aliphatic carbocycles. The minimum atomic E-state index is -1.18. The summed E-state index contributed by atoms with van der Waals surface area (Å²) in [6.45, 7) is -0.101. The van der Waals surface area contributed by atoms with Gasteiger partial charge in [-0.25, -0.2) is 0 Å². The van der Waals surface area contributed by atoms with Gasteiger partial charge in [0.1, 0.15) is 25.0 Å². The van der Waals surface area contributed by atoms with Gasteiger partial charge in [0, 0.05) is 17.4 Å². The first-order valence-electron chi connectivity index (χ1n) is 11.1. The standard InChI is InChI=1S/C25H22N2O6/c28-18(29)11-27-24(30)19-16-10-17(20(19)25(27)31)23-21(16)22(26-33-23)14-6-8-15(9-7-14)32-12-13-4-2-1-3-5-13/h1-9,16-17,19-21,23H,10-12H2,(H,28,29). The van der Waals surface area contributed by atoms with Gasteiger partial charge in [-0.3, -0.25) is 19.3 Å². The van der Waals surface area contributed by atoms with E-state index in [1.54, 1.807) is 0 Å². The van der Waals surface area contributed by atoms with E-state index in [4.69, 9.17) is 14.7 Å². The highest BCUT2D eigenvalue weighted by Crippen LogP contribution is 2.61. The SMILES string of the molecule is O=C(O)CN1C(=O)C2C3CC(C4C(c5ccc(OCc6ccccc6)cc5)=NOC34)C2C1=O. The van der Waals surface area contributed by atoms with Gasteiger partial charge in [0.15, 0.2) is 0 Å². The molecule has 1 N–H and O–H groups in total. The summed E-state index contributed by atoms with van der Waals surface area (Å²) < 4.78 is 5.87. The van der Waals surface area contributed by atoms with Gasteiger partial charge in [-0.2, -0.15) is 0 Å². The maximum absolute atomic E-state index is 12.9. The quantitative estimate of drug-likeness (QED) is 0.683. The summed E-state index contributed by atoms with van der Waals surface area (Å²) >= 11 is 0. The molecule has 8 heteroatoms. The highest BCUT2D eigenvalue weighted by Gasteiger charge is 2.70. The van der Waals surface area contributed by atoms with Crippen LogP contribution in [0, 0.1) is 29.6 Å². The monoisotopic (exact) mass is 446 g/mol. The molecule has 2 aromatic carbocycles. The Balaban J connectivity index is 1.19. The van der Waals surface area contributed by atoms with Gasteiger partial charge in [-0.1, -0.05) is 35.5 Å². The molecule has 0 spiro atoms. The molecule has 2 bridgehead atoms. The van der Waals surface area contributed by atoms with Gasteiger partial charge < -0.3 is 14.7 Å². The second-order valence-electron chi connectivity index (χ2n) is 9.14. The van der Waals surface area contributed by atoms with Crippen LogP contribution in [0.15, 0.2) is 59.8 Å².